The van der Waals surface area contributed by atoms with E-state index < -0.39 is 0 Å². The molecule has 2 aliphatic carbocycles. The molecule has 2 N–H and O–H groups in total. The molecule has 6 heteroatoms. The molecule has 1 spiro atoms. The minimum Gasteiger partial charge on any atom is -0.472 e. The summed E-state index contributed by atoms with van der Waals surface area (Å²) in [5, 5.41) is 2.62. The molecular formula is C38H40FN3OS. The third kappa shape index (κ3) is 5.20. The molecule has 44 heavy (non-hydrogen) atoms. The van der Waals surface area contributed by atoms with Crippen LogP contribution in [0.1, 0.15) is 65.8 Å². The molecule has 0 aliphatic heterocycles. The zero-order valence-corrected chi connectivity index (χ0v) is 27.1. The number of rotatable bonds is 9. The largest absolute Gasteiger partial charge is 0.472 e. The lowest BCUT2D eigenvalue weighted by molar-refractivity contribution is 0.289. The van der Waals surface area contributed by atoms with Crippen molar-refractivity contribution in [2.24, 2.45) is 5.73 Å². The molecule has 1 aromatic heterocycles. The van der Waals surface area contributed by atoms with E-state index in [2.05, 4.69) is 49.6 Å². The van der Waals surface area contributed by atoms with Gasteiger partial charge in [0.15, 0.2) is 5.16 Å². The molecule has 1 fully saturated rings. The molecule has 6 rings (SSSR count). The third-order valence-electron chi connectivity index (χ3n) is 8.58. The molecule has 0 bridgehead atoms. The van der Waals surface area contributed by atoms with Crippen LogP contribution in [0.5, 0.6) is 5.88 Å². The van der Waals surface area contributed by atoms with E-state index in [-0.39, 0.29) is 11.2 Å². The lowest BCUT2D eigenvalue weighted by atomic mass is 9.80. The summed E-state index contributed by atoms with van der Waals surface area (Å²) in [6, 6.07) is 15.7. The van der Waals surface area contributed by atoms with E-state index in [9.17, 15) is 0 Å². The second-order valence-electron chi connectivity index (χ2n) is 11.0. The Morgan fingerprint density at radius 3 is 2.48 bits per heavy atom. The minimum atomic E-state index is -0.284. The summed E-state index contributed by atoms with van der Waals surface area (Å²) in [6.45, 7) is 15.5. The van der Waals surface area contributed by atoms with Crippen LogP contribution in [0.15, 0.2) is 84.6 Å². The van der Waals surface area contributed by atoms with Crippen LogP contribution < -0.4 is 10.5 Å². The number of ether oxygens (including phenoxy) is 1. The summed E-state index contributed by atoms with van der Waals surface area (Å²) < 4.78 is 21.8. The molecule has 4 nitrogen and oxygen atoms in total. The van der Waals surface area contributed by atoms with Crippen molar-refractivity contribution in [1.29, 1.82) is 0 Å². The number of allylic oxidation sites excluding steroid dienone is 5. The number of hydrogen-bond acceptors (Lipinski definition) is 5. The first-order chi connectivity index (χ1) is 21.4. The van der Waals surface area contributed by atoms with Gasteiger partial charge in [0.2, 0.25) is 5.88 Å². The third-order valence-corrected chi connectivity index (χ3v) is 9.12. The Bertz CT molecular complexity index is 1820. The zero-order valence-electron chi connectivity index (χ0n) is 26.3. The van der Waals surface area contributed by atoms with Crippen LogP contribution in [0.4, 0.5) is 4.39 Å². The van der Waals surface area contributed by atoms with Crippen LogP contribution in [-0.4, -0.2) is 23.3 Å². The molecule has 1 heterocycles. The maximum atomic E-state index is 15.3. The Kier molecular flexibility index (Phi) is 9.23. The maximum absolute atomic E-state index is 15.3. The van der Waals surface area contributed by atoms with Gasteiger partial charge in [-0.2, -0.15) is 4.98 Å². The van der Waals surface area contributed by atoms with E-state index in [4.69, 9.17) is 21.3 Å². The average Bonchev–Trinajstić information content (AvgIpc) is 3.80. The molecule has 0 amide bonds. The molecule has 4 aromatic rings. The number of halogens is 1. The molecule has 2 aliphatic rings. The van der Waals surface area contributed by atoms with Crippen LogP contribution in [-0.2, 0) is 18.4 Å². The van der Waals surface area contributed by atoms with E-state index in [1.54, 1.807) is 6.07 Å². The van der Waals surface area contributed by atoms with Crippen LogP contribution in [0.25, 0.3) is 28.0 Å². The van der Waals surface area contributed by atoms with Gasteiger partial charge in [-0.25, -0.2) is 9.37 Å². The number of benzene rings is 3. The zero-order chi connectivity index (χ0) is 31.6. The highest BCUT2D eigenvalue weighted by Crippen LogP contribution is 2.65. The van der Waals surface area contributed by atoms with Crippen LogP contribution in [0, 0.1) is 12.7 Å². The molecule has 0 saturated heterocycles. The smallest absolute Gasteiger partial charge is 0.226 e. The molecule has 226 valence electrons. The number of thioether (sulfide) groups is 1. The maximum Gasteiger partial charge on any atom is 0.226 e. The monoisotopic (exact) mass is 605 g/mol. The SMILES string of the molecule is C=Cc1c(C)cc2ccc(F)c(CC)c2c1C(=C)C1=C(/C=C\C)c2c(OCc3ccccc3)nc(SC)nc2C12CC2.CN. The van der Waals surface area contributed by atoms with Crippen molar-refractivity contribution in [2.45, 2.75) is 57.2 Å². The van der Waals surface area contributed by atoms with Crippen molar-refractivity contribution < 1.29 is 9.13 Å². The Labute approximate surface area is 264 Å². The van der Waals surface area contributed by atoms with Crippen molar-refractivity contribution in [2.75, 3.05) is 13.3 Å². The van der Waals surface area contributed by atoms with Gasteiger partial charge in [0.25, 0.3) is 0 Å². The van der Waals surface area contributed by atoms with E-state index in [1.807, 2.05) is 50.4 Å². The lowest BCUT2D eigenvalue weighted by Crippen LogP contribution is -2.13. The fourth-order valence-corrected chi connectivity index (χ4v) is 6.93. The van der Waals surface area contributed by atoms with E-state index in [0.29, 0.717) is 29.6 Å². The topological polar surface area (TPSA) is 61.0 Å². The van der Waals surface area contributed by atoms with Gasteiger partial charge < -0.3 is 10.5 Å². The molecule has 3 aromatic carbocycles. The lowest BCUT2D eigenvalue weighted by Gasteiger charge is -2.23. The van der Waals surface area contributed by atoms with Gasteiger partial charge in [0.1, 0.15) is 12.4 Å². The first kappa shape index (κ1) is 31.4. The minimum absolute atomic E-state index is 0.191. The van der Waals surface area contributed by atoms with Gasteiger partial charge in [0.05, 0.1) is 11.3 Å². The van der Waals surface area contributed by atoms with Crippen LogP contribution in [0.3, 0.4) is 0 Å². The molecular weight excluding hydrogens is 566 g/mol. The van der Waals surface area contributed by atoms with Crippen LogP contribution >= 0.6 is 11.8 Å². The first-order valence-electron chi connectivity index (χ1n) is 15.0. The number of hydrogen-bond donors (Lipinski definition) is 1. The van der Waals surface area contributed by atoms with E-state index >= 15 is 4.39 Å². The summed E-state index contributed by atoms with van der Waals surface area (Å²) in [5.41, 5.74) is 14.0. The van der Waals surface area contributed by atoms with Crippen molar-refractivity contribution in [3.63, 3.8) is 0 Å². The number of aryl methyl sites for hydroxylation is 2. The quantitative estimate of drug-likeness (QED) is 0.152. The van der Waals surface area contributed by atoms with Gasteiger partial charge in [0, 0.05) is 5.41 Å². The highest BCUT2D eigenvalue weighted by Gasteiger charge is 2.57. The van der Waals surface area contributed by atoms with Crippen molar-refractivity contribution in [3.8, 4) is 5.88 Å². The van der Waals surface area contributed by atoms with Gasteiger partial charge in [-0.15, -0.1) is 0 Å². The Morgan fingerprint density at radius 1 is 1.14 bits per heavy atom. The van der Waals surface area contributed by atoms with Gasteiger partial charge in [-0.05, 0) is 108 Å². The normalized spacial score (nSPS) is 14.5. The molecule has 0 radical (unpaired) electrons. The fraction of sp³-hybridized carbons (Fsp3) is 0.263. The Balaban J connectivity index is 0.00000188. The average molecular weight is 606 g/mol. The number of aromatic nitrogens is 2. The molecule has 0 atom stereocenters. The van der Waals surface area contributed by atoms with E-state index in [0.717, 1.165) is 73.8 Å². The number of nitrogens with two attached hydrogens (primary N) is 1. The Hall–Kier alpha value is -4.00. The molecule has 0 unspecified atom stereocenters. The summed E-state index contributed by atoms with van der Waals surface area (Å²) in [5.74, 6) is 0.400. The van der Waals surface area contributed by atoms with Crippen LogP contribution in [0.2, 0.25) is 0 Å². The van der Waals surface area contributed by atoms with Gasteiger partial charge in [-0.3, -0.25) is 0 Å². The predicted octanol–water partition coefficient (Wildman–Crippen LogP) is 9.25. The number of fused-ring (bicyclic) bond motifs is 3. The van der Waals surface area contributed by atoms with Crippen molar-refractivity contribution >= 4 is 39.8 Å². The van der Waals surface area contributed by atoms with Gasteiger partial charge in [-0.1, -0.05) is 92.5 Å². The predicted molar refractivity (Wildman–Crippen MR) is 184 cm³/mol. The highest BCUT2D eigenvalue weighted by atomic mass is 32.2. The summed E-state index contributed by atoms with van der Waals surface area (Å²) in [4.78, 5) is 9.98. The second-order valence-corrected chi connectivity index (χ2v) is 11.8. The summed E-state index contributed by atoms with van der Waals surface area (Å²) in [7, 11) is 1.50. The first-order valence-corrected chi connectivity index (χ1v) is 16.3. The van der Waals surface area contributed by atoms with E-state index in [1.165, 1.54) is 18.8 Å². The standard InChI is InChI=1S/C37H35FN2OS.CH5N/c1-7-13-28-32-34(39-36(42-6)40-35(32)41-21-24-14-11-10-12-15-24)37(18-19-37)33(28)23(5)30-26(8-2)22(4)20-25-16-17-29(38)27(9-3)31(25)30;1-2/h7-8,10-17,20H,2,5,9,18-19,21H2,1,3-4,6H3;2H2,1H3/b13-7-;. The summed E-state index contributed by atoms with van der Waals surface area (Å²) >= 11 is 1.52. The molecule has 1 saturated carbocycles. The summed E-state index contributed by atoms with van der Waals surface area (Å²) in [6.07, 6.45) is 10.6. The van der Waals surface area contributed by atoms with Crippen molar-refractivity contribution in [3.05, 3.63) is 124 Å². The Morgan fingerprint density at radius 2 is 1.86 bits per heavy atom. The second kappa shape index (κ2) is 12.9. The number of nitrogens with zero attached hydrogens (tertiary/aromatic N) is 2. The highest BCUT2D eigenvalue weighted by molar-refractivity contribution is 7.98. The van der Waals surface area contributed by atoms with Crippen molar-refractivity contribution in [1.82, 2.24) is 9.97 Å². The fourth-order valence-electron chi connectivity index (χ4n) is 6.58. The van der Waals surface area contributed by atoms with Gasteiger partial charge >= 0.3 is 0 Å².